The van der Waals surface area contributed by atoms with Crippen molar-refractivity contribution in [1.29, 1.82) is 0 Å². The standard InChI is InChI=1S/C12H26N2/c1-10(2)7-13(4)9-12-6-11(3)8-14(12)5/h10-12H,6-9H2,1-5H3. The summed E-state index contributed by atoms with van der Waals surface area (Å²) in [6, 6.07) is 0.786. The van der Waals surface area contributed by atoms with E-state index in [-0.39, 0.29) is 0 Å². The first kappa shape index (κ1) is 12.0. The monoisotopic (exact) mass is 198 g/mol. The first-order valence-electron chi connectivity index (χ1n) is 5.87. The average molecular weight is 198 g/mol. The molecule has 0 aromatic heterocycles. The van der Waals surface area contributed by atoms with Crippen LogP contribution < -0.4 is 0 Å². The molecule has 2 unspecified atom stereocenters. The van der Waals surface area contributed by atoms with Gasteiger partial charge in [0.05, 0.1) is 0 Å². The SMILES string of the molecule is CC(C)CN(C)CC1CC(C)CN1C. The summed E-state index contributed by atoms with van der Waals surface area (Å²) in [6.45, 7) is 10.7. The van der Waals surface area contributed by atoms with Gasteiger partial charge in [-0.05, 0) is 32.4 Å². The van der Waals surface area contributed by atoms with Crippen molar-refractivity contribution in [2.45, 2.75) is 33.2 Å². The Kier molecular flexibility index (Phi) is 4.39. The van der Waals surface area contributed by atoms with Gasteiger partial charge in [-0.25, -0.2) is 0 Å². The molecule has 0 aliphatic carbocycles. The van der Waals surface area contributed by atoms with E-state index in [9.17, 15) is 0 Å². The van der Waals surface area contributed by atoms with Gasteiger partial charge < -0.3 is 9.80 Å². The van der Waals surface area contributed by atoms with Crippen LogP contribution in [0.5, 0.6) is 0 Å². The predicted octanol–water partition coefficient (Wildman–Crippen LogP) is 1.91. The first-order chi connectivity index (χ1) is 6.49. The van der Waals surface area contributed by atoms with Crippen LogP contribution >= 0.6 is 0 Å². The topological polar surface area (TPSA) is 6.48 Å². The molecule has 0 amide bonds. The fourth-order valence-corrected chi connectivity index (χ4v) is 2.63. The highest BCUT2D eigenvalue weighted by Crippen LogP contribution is 2.21. The third kappa shape index (κ3) is 3.58. The molecule has 1 fully saturated rings. The summed E-state index contributed by atoms with van der Waals surface area (Å²) in [6.07, 6.45) is 1.37. The number of rotatable bonds is 4. The summed E-state index contributed by atoms with van der Waals surface area (Å²) in [4.78, 5) is 4.99. The van der Waals surface area contributed by atoms with Crippen molar-refractivity contribution >= 4 is 0 Å². The van der Waals surface area contributed by atoms with E-state index in [1.807, 2.05) is 0 Å². The van der Waals surface area contributed by atoms with Gasteiger partial charge in [-0.3, -0.25) is 0 Å². The molecule has 0 bridgehead atoms. The Bertz CT molecular complexity index is 168. The smallest absolute Gasteiger partial charge is 0.0223 e. The molecule has 1 aliphatic heterocycles. The van der Waals surface area contributed by atoms with Crippen LogP contribution in [0, 0.1) is 11.8 Å². The largest absolute Gasteiger partial charge is 0.305 e. The quantitative estimate of drug-likeness (QED) is 0.681. The molecule has 84 valence electrons. The predicted molar refractivity (Wildman–Crippen MR) is 62.5 cm³/mol. The van der Waals surface area contributed by atoms with Gasteiger partial charge in [-0.1, -0.05) is 20.8 Å². The first-order valence-corrected chi connectivity index (χ1v) is 5.87. The lowest BCUT2D eigenvalue weighted by atomic mass is 10.1. The van der Waals surface area contributed by atoms with E-state index in [1.54, 1.807) is 0 Å². The van der Waals surface area contributed by atoms with Crippen LogP contribution in [-0.2, 0) is 0 Å². The van der Waals surface area contributed by atoms with E-state index < -0.39 is 0 Å². The minimum Gasteiger partial charge on any atom is -0.305 e. The lowest BCUT2D eigenvalue weighted by Crippen LogP contribution is -2.37. The van der Waals surface area contributed by atoms with Gasteiger partial charge in [0.2, 0.25) is 0 Å². The van der Waals surface area contributed by atoms with E-state index in [1.165, 1.54) is 26.1 Å². The molecular weight excluding hydrogens is 172 g/mol. The highest BCUT2D eigenvalue weighted by atomic mass is 15.2. The molecule has 2 atom stereocenters. The second-order valence-electron chi connectivity index (χ2n) is 5.55. The van der Waals surface area contributed by atoms with Crippen LogP contribution in [0.3, 0.4) is 0 Å². The Morgan fingerprint density at radius 1 is 1.43 bits per heavy atom. The van der Waals surface area contributed by atoms with Crippen molar-refractivity contribution < 1.29 is 0 Å². The second kappa shape index (κ2) is 5.13. The van der Waals surface area contributed by atoms with Gasteiger partial charge in [0.15, 0.2) is 0 Å². The summed E-state index contributed by atoms with van der Waals surface area (Å²) in [7, 11) is 4.51. The van der Waals surface area contributed by atoms with Crippen molar-refractivity contribution in [2.24, 2.45) is 11.8 Å². The van der Waals surface area contributed by atoms with Gasteiger partial charge in [0.1, 0.15) is 0 Å². The molecule has 1 heterocycles. The van der Waals surface area contributed by atoms with Gasteiger partial charge in [-0.2, -0.15) is 0 Å². The molecule has 0 aromatic rings. The third-order valence-electron chi connectivity index (χ3n) is 3.10. The Morgan fingerprint density at radius 2 is 2.07 bits per heavy atom. The zero-order chi connectivity index (χ0) is 10.7. The normalized spacial score (nSPS) is 29.4. The molecule has 0 N–H and O–H groups in total. The summed E-state index contributed by atoms with van der Waals surface area (Å²) in [5.74, 6) is 1.67. The molecule has 0 aromatic carbocycles. The zero-order valence-corrected chi connectivity index (χ0v) is 10.5. The van der Waals surface area contributed by atoms with Crippen LogP contribution in [-0.4, -0.2) is 49.6 Å². The van der Waals surface area contributed by atoms with E-state index in [0.29, 0.717) is 0 Å². The van der Waals surface area contributed by atoms with Crippen LogP contribution in [0.25, 0.3) is 0 Å². The van der Waals surface area contributed by atoms with E-state index in [4.69, 9.17) is 0 Å². The molecule has 1 saturated heterocycles. The lowest BCUT2D eigenvalue weighted by Gasteiger charge is -2.26. The van der Waals surface area contributed by atoms with E-state index in [0.717, 1.165) is 17.9 Å². The van der Waals surface area contributed by atoms with Crippen LogP contribution in [0.2, 0.25) is 0 Å². The van der Waals surface area contributed by atoms with Crippen molar-refractivity contribution in [1.82, 2.24) is 9.80 Å². The molecule has 0 spiro atoms. The molecule has 2 heteroatoms. The van der Waals surface area contributed by atoms with Crippen molar-refractivity contribution in [3.63, 3.8) is 0 Å². The fourth-order valence-electron chi connectivity index (χ4n) is 2.63. The molecule has 1 aliphatic rings. The molecule has 2 nitrogen and oxygen atoms in total. The maximum atomic E-state index is 2.52. The number of hydrogen-bond acceptors (Lipinski definition) is 2. The number of hydrogen-bond donors (Lipinski definition) is 0. The number of likely N-dealkylation sites (N-methyl/N-ethyl adjacent to an activating group) is 2. The van der Waals surface area contributed by atoms with Gasteiger partial charge in [0.25, 0.3) is 0 Å². The number of nitrogens with zero attached hydrogens (tertiary/aromatic N) is 2. The van der Waals surface area contributed by atoms with Crippen LogP contribution in [0.4, 0.5) is 0 Å². The van der Waals surface area contributed by atoms with Crippen molar-refractivity contribution in [2.75, 3.05) is 33.7 Å². The average Bonchev–Trinajstić information content (AvgIpc) is 2.28. The van der Waals surface area contributed by atoms with Gasteiger partial charge >= 0.3 is 0 Å². The number of likely N-dealkylation sites (tertiary alicyclic amines) is 1. The van der Waals surface area contributed by atoms with Gasteiger partial charge in [-0.15, -0.1) is 0 Å². The molecule has 0 saturated carbocycles. The van der Waals surface area contributed by atoms with Crippen molar-refractivity contribution in [3.05, 3.63) is 0 Å². The minimum absolute atomic E-state index is 0.782. The summed E-state index contributed by atoms with van der Waals surface area (Å²) >= 11 is 0. The van der Waals surface area contributed by atoms with Crippen molar-refractivity contribution in [3.8, 4) is 0 Å². The highest BCUT2D eigenvalue weighted by Gasteiger charge is 2.27. The van der Waals surface area contributed by atoms with Crippen LogP contribution in [0.15, 0.2) is 0 Å². The Balaban J connectivity index is 2.29. The highest BCUT2D eigenvalue weighted by molar-refractivity contribution is 4.82. The Hall–Kier alpha value is -0.0800. The summed E-state index contributed by atoms with van der Waals surface area (Å²) in [5.41, 5.74) is 0. The van der Waals surface area contributed by atoms with E-state index in [2.05, 4.69) is 44.7 Å². The molecule has 0 radical (unpaired) electrons. The second-order valence-corrected chi connectivity index (χ2v) is 5.55. The Labute approximate surface area is 89.3 Å². The Morgan fingerprint density at radius 3 is 2.50 bits per heavy atom. The van der Waals surface area contributed by atoms with Gasteiger partial charge in [0, 0.05) is 25.7 Å². The summed E-state index contributed by atoms with van der Waals surface area (Å²) in [5, 5.41) is 0. The van der Waals surface area contributed by atoms with Crippen LogP contribution in [0.1, 0.15) is 27.2 Å². The third-order valence-corrected chi connectivity index (χ3v) is 3.10. The fraction of sp³-hybridized carbons (Fsp3) is 1.00. The maximum absolute atomic E-state index is 2.52. The molecular formula is C12H26N2. The zero-order valence-electron chi connectivity index (χ0n) is 10.5. The molecule has 14 heavy (non-hydrogen) atoms. The lowest BCUT2D eigenvalue weighted by molar-refractivity contribution is 0.206. The maximum Gasteiger partial charge on any atom is 0.0223 e. The van der Waals surface area contributed by atoms with E-state index >= 15 is 0 Å². The molecule has 1 rings (SSSR count). The minimum atomic E-state index is 0.782. The summed E-state index contributed by atoms with van der Waals surface area (Å²) < 4.78 is 0.